The van der Waals surface area contributed by atoms with Crippen LogP contribution in [0, 0.1) is 5.41 Å². The predicted molar refractivity (Wildman–Crippen MR) is 61.6 cm³/mol. The zero-order chi connectivity index (χ0) is 10.5. The highest BCUT2D eigenvalue weighted by Gasteiger charge is 2.44. The van der Waals surface area contributed by atoms with Gasteiger partial charge in [0.2, 0.25) is 0 Å². The van der Waals surface area contributed by atoms with E-state index in [0.29, 0.717) is 5.41 Å². The molecular weight excluding hydrogens is 208 g/mol. The molecule has 0 saturated heterocycles. The van der Waals surface area contributed by atoms with Crippen LogP contribution in [-0.4, -0.2) is 6.61 Å². The average molecular weight is 223 g/mol. The Balaban J connectivity index is 1.92. The number of alkyl halides is 1. The van der Waals surface area contributed by atoms with E-state index in [1.165, 1.54) is 24.0 Å². The first-order valence-electron chi connectivity index (χ1n) is 5.59. The summed E-state index contributed by atoms with van der Waals surface area (Å²) < 4.78 is 5.49. The summed E-state index contributed by atoms with van der Waals surface area (Å²) in [5.74, 6) is 1.04. The van der Waals surface area contributed by atoms with Gasteiger partial charge in [-0.05, 0) is 35.4 Å². The molecule has 1 fully saturated rings. The van der Waals surface area contributed by atoms with Gasteiger partial charge in [-0.1, -0.05) is 19.1 Å². The van der Waals surface area contributed by atoms with E-state index < -0.39 is 0 Å². The number of fused-ring (bicyclic) bond motifs is 1. The molecule has 0 bridgehead atoms. The van der Waals surface area contributed by atoms with Gasteiger partial charge in [-0.3, -0.25) is 0 Å². The molecule has 1 aromatic rings. The fourth-order valence-electron chi connectivity index (χ4n) is 2.22. The Labute approximate surface area is 95.4 Å². The molecule has 0 aromatic heterocycles. The van der Waals surface area contributed by atoms with Crippen molar-refractivity contribution in [1.29, 1.82) is 0 Å². The molecular formula is C13H15ClO. The van der Waals surface area contributed by atoms with Crippen LogP contribution in [0.4, 0.5) is 0 Å². The van der Waals surface area contributed by atoms with Crippen molar-refractivity contribution < 1.29 is 4.74 Å². The molecule has 1 unspecified atom stereocenters. The van der Waals surface area contributed by atoms with Gasteiger partial charge in [0.15, 0.2) is 0 Å². The Hall–Kier alpha value is -0.690. The molecule has 1 aliphatic carbocycles. The molecule has 80 valence electrons. The lowest BCUT2D eigenvalue weighted by molar-refractivity contribution is 0.356. The minimum absolute atomic E-state index is 0.170. The molecule has 3 rings (SSSR count). The zero-order valence-corrected chi connectivity index (χ0v) is 9.68. The van der Waals surface area contributed by atoms with Crippen molar-refractivity contribution in [3.8, 4) is 5.75 Å². The monoisotopic (exact) mass is 222 g/mol. The summed E-state index contributed by atoms with van der Waals surface area (Å²) in [7, 11) is 0. The summed E-state index contributed by atoms with van der Waals surface area (Å²) in [4.78, 5) is 0. The van der Waals surface area contributed by atoms with Crippen molar-refractivity contribution in [3.63, 3.8) is 0 Å². The van der Waals surface area contributed by atoms with Crippen LogP contribution in [0.25, 0.3) is 0 Å². The summed E-state index contributed by atoms with van der Waals surface area (Å²) in [6.45, 7) is 3.09. The number of ether oxygens (including phenoxy) is 1. The summed E-state index contributed by atoms with van der Waals surface area (Å²) in [5, 5.41) is 0.170. The average Bonchev–Trinajstić information content (AvgIpc) is 2.82. The fourth-order valence-corrected chi connectivity index (χ4v) is 2.57. The van der Waals surface area contributed by atoms with E-state index in [2.05, 4.69) is 25.1 Å². The van der Waals surface area contributed by atoms with Gasteiger partial charge in [-0.2, -0.15) is 0 Å². The van der Waals surface area contributed by atoms with E-state index in [0.717, 1.165) is 18.8 Å². The summed E-state index contributed by atoms with van der Waals surface area (Å²) in [5.41, 5.74) is 2.93. The molecule has 1 nitrogen and oxygen atoms in total. The van der Waals surface area contributed by atoms with Crippen molar-refractivity contribution in [1.82, 2.24) is 0 Å². The third-order valence-corrected chi connectivity index (χ3v) is 4.44. The van der Waals surface area contributed by atoms with Crippen LogP contribution in [-0.2, 0) is 6.42 Å². The number of halogens is 1. The van der Waals surface area contributed by atoms with Gasteiger partial charge in [0.05, 0.1) is 12.0 Å². The Morgan fingerprint density at radius 3 is 2.93 bits per heavy atom. The van der Waals surface area contributed by atoms with Crippen molar-refractivity contribution in [2.24, 2.45) is 5.41 Å². The third-order valence-electron chi connectivity index (χ3n) is 3.66. The molecule has 2 aliphatic rings. The Morgan fingerprint density at radius 2 is 2.20 bits per heavy atom. The topological polar surface area (TPSA) is 9.23 Å². The van der Waals surface area contributed by atoms with Crippen molar-refractivity contribution in [2.45, 2.75) is 31.6 Å². The summed E-state index contributed by atoms with van der Waals surface area (Å²) in [6, 6.07) is 6.41. The van der Waals surface area contributed by atoms with E-state index in [1.54, 1.807) is 0 Å². The number of hydrogen-bond acceptors (Lipinski definition) is 1. The summed E-state index contributed by atoms with van der Waals surface area (Å²) >= 11 is 6.51. The molecule has 0 N–H and O–H groups in total. The lowest BCUT2D eigenvalue weighted by Gasteiger charge is -2.17. The SMILES string of the molecule is CC1(C(Cl)c2ccc3c(c2)CCO3)CC1. The van der Waals surface area contributed by atoms with Crippen molar-refractivity contribution in [2.75, 3.05) is 6.61 Å². The van der Waals surface area contributed by atoms with Crippen LogP contribution in [0.5, 0.6) is 5.75 Å². The van der Waals surface area contributed by atoms with Crippen LogP contribution in [0.2, 0.25) is 0 Å². The minimum Gasteiger partial charge on any atom is -0.493 e. The maximum atomic E-state index is 6.51. The van der Waals surface area contributed by atoms with Gasteiger partial charge < -0.3 is 4.74 Å². The highest BCUT2D eigenvalue weighted by Crippen LogP contribution is 2.57. The maximum Gasteiger partial charge on any atom is 0.122 e. The van der Waals surface area contributed by atoms with E-state index >= 15 is 0 Å². The van der Waals surface area contributed by atoms with E-state index in [4.69, 9.17) is 16.3 Å². The second-order valence-corrected chi connectivity index (χ2v) is 5.42. The molecule has 0 amide bonds. The maximum absolute atomic E-state index is 6.51. The van der Waals surface area contributed by atoms with Gasteiger partial charge in [-0.15, -0.1) is 11.6 Å². The molecule has 1 aliphatic heterocycles. The van der Waals surface area contributed by atoms with E-state index in [1.807, 2.05) is 0 Å². The van der Waals surface area contributed by atoms with Crippen molar-refractivity contribution >= 4 is 11.6 Å². The number of rotatable bonds is 2. The van der Waals surface area contributed by atoms with Crippen LogP contribution in [0.15, 0.2) is 18.2 Å². The molecule has 0 radical (unpaired) electrons. The summed E-state index contributed by atoms with van der Waals surface area (Å²) in [6.07, 6.45) is 3.55. The fraction of sp³-hybridized carbons (Fsp3) is 0.538. The quantitative estimate of drug-likeness (QED) is 0.694. The molecule has 1 saturated carbocycles. The van der Waals surface area contributed by atoms with Gasteiger partial charge in [0.1, 0.15) is 5.75 Å². The lowest BCUT2D eigenvalue weighted by atomic mass is 9.96. The molecule has 1 atom stereocenters. The smallest absolute Gasteiger partial charge is 0.122 e. The molecule has 2 heteroatoms. The number of benzene rings is 1. The standard InChI is InChI=1S/C13H15ClO/c1-13(5-6-13)12(14)10-2-3-11-9(8-10)4-7-15-11/h2-3,8,12H,4-7H2,1H3. The van der Waals surface area contributed by atoms with E-state index in [-0.39, 0.29) is 5.38 Å². The lowest BCUT2D eigenvalue weighted by Crippen LogP contribution is -2.04. The van der Waals surface area contributed by atoms with Crippen molar-refractivity contribution in [3.05, 3.63) is 29.3 Å². The zero-order valence-electron chi connectivity index (χ0n) is 8.92. The van der Waals surface area contributed by atoms with E-state index in [9.17, 15) is 0 Å². The van der Waals surface area contributed by atoms with Gasteiger partial charge >= 0.3 is 0 Å². The predicted octanol–water partition coefficient (Wildman–Crippen LogP) is 3.70. The Kier molecular flexibility index (Phi) is 2.00. The van der Waals surface area contributed by atoms with Gasteiger partial charge in [-0.25, -0.2) is 0 Å². The largest absolute Gasteiger partial charge is 0.493 e. The molecule has 0 spiro atoms. The van der Waals surface area contributed by atoms with Crippen LogP contribution in [0.3, 0.4) is 0 Å². The van der Waals surface area contributed by atoms with Crippen LogP contribution >= 0.6 is 11.6 Å². The second-order valence-electron chi connectivity index (χ2n) is 4.98. The Bertz CT molecular complexity index is 396. The highest BCUT2D eigenvalue weighted by molar-refractivity contribution is 6.21. The third kappa shape index (κ3) is 1.53. The first-order chi connectivity index (χ1) is 7.19. The molecule has 15 heavy (non-hydrogen) atoms. The molecule has 1 heterocycles. The normalized spacial score (nSPS) is 23.1. The van der Waals surface area contributed by atoms with Gasteiger partial charge in [0.25, 0.3) is 0 Å². The number of hydrogen-bond donors (Lipinski definition) is 0. The Morgan fingerprint density at radius 1 is 1.40 bits per heavy atom. The van der Waals surface area contributed by atoms with Gasteiger partial charge in [0, 0.05) is 6.42 Å². The second kappa shape index (κ2) is 3.15. The highest BCUT2D eigenvalue weighted by atomic mass is 35.5. The first-order valence-corrected chi connectivity index (χ1v) is 6.02. The molecule has 1 aromatic carbocycles. The van der Waals surface area contributed by atoms with Crippen LogP contribution < -0.4 is 4.74 Å². The van der Waals surface area contributed by atoms with Crippen LogP contribution in [0.1, 0.15) is 36.3 Å². The minimum atomic E-state index is 0.170. The first kappa shape index (κ1) is 9.53.